The molecule has 0 atom stereocenters. The minimum absolute atomic E-state index is 0.0765. The van der Waals surface area contributed by atoms with Gasteiger partial charge in [-0.2, -0.15) is 0 Å². The van der Waals surface area contributed by atoms with E-state index < -0.39 is 8.07 Å². The van der Waals surface area contributed by atoms with Gasteiger partial charge in [0.15, 0.2) is 13.7 Å². The molecular formula is C52H29BN2OSi. The van der Waals surface area contributed by atoms with Crippen molar-refractivity contribution >= 4 is 112 Å². The van der Waals surface area contributed by atoms with Crippen LogP contribution in [0.2, 0.25) is 0 Å². The van der Waals surface area contributed by atoms with Gasteiger partial charge in [-0.15, -0.1) is 0 Å². The second-order valence-electron chi connectivity index (χ2n) is 16.3. The Balaban J connectivity index is 1.19. The fraction of sp³-hybridized carbons (Fsp3) is 0. The number of benzene rings is 9. The molecule has 0 bridgehead atoms. The van der Waals surface area contributed by atoms with Crippen LogP contribution in [-0.4, -0.2) is 19.5 Å². The number of fused-ring (bicyclic) bond motifs is 22. The van der Waals surface area contributed by atoms with E-state index in [0.29, 0.717) is 0 Å². The summed E-state index contributed by atoms with van der Waals surface area (Å²) in [6.45, 7) is -0.0765. The zero-order valence-corrected chi connectivity index (χ0v) is 31.6. The maximum absolute atomic E-state index is 7.09. The zero-order chi connectivity index (χ0) is 36.7. The lowest BCUT2D eigenvalue weighted by Crippen LogP contribution is -2.78. The first-order valence-corrected chi connectivity index (χ1v) is 22.0. The molecule has 9 aromatic carbocycles. The van der Waals surface area contributed by atoms with Crippen molar-refractivity contribution in [2.75, 3.05) is 4.81 Å². The van der Waals surface area contributed by atoms with Gasteiger partial charge in [-0.25, -0.2) is 0 Å². The predicted octanol–water partition coefficient (Wildman–Crippen LogP) is 8.75. The number of nitrogens with zero attached hydrogens (tertiary/aromatic N) is 2. The minimum Gasteiger partial charge on any atom is -0.454 e. The first-order chi connectivity index (χ1) is 28.3. The summed E-state index contributed by atoms with van der Waals surface area (Å²) in [6, 6.07) is 66.7. The van der Waals surface area contributed by atoms with Gasteiger partial charge in [-0.05, 0) is 71.9 Å². The summed E-state index contributed by atoms with van der Waals surface area (Å²) in [5.41, 5.74) is 16.2. The number of aromatic nitrogens is 1. The lowest BCUT2D eigenvalue weighted by molar-refractivity contribution is 0.667. The largest absolute Gasteiger partial charge is 0.454 e. The van der Waals surface area contributed by atoms with Crippen LogP contribution in [0.4, 0.5) is 11.4 Å². The Morgan fingerprint density at radius 3 is 1.95 bits per heavy atom. The van der Waals surface area contributed by atoms with Gasteiger partial charge in [0.1, 0.15) is 5.58 Å². The molecule has 11 aromatic rings. The van der Waals surface area contributed by atoms with Crippen molar-refractivity contribution in [2.45, 2.75) is 0 Å². The van der Waals surface area contributed by atoms with Crippen LogP contribution in [0.3, 0.4) is 0 Å². The number of rotatable bonds is 0. The van der Waals surface area contributed by atoms with Crippen molar-refractivity contribution in [3.8, 4) is 27.9 Å². The molecule has 0 radical (unpaired) electrons. The van der Waals surface area contributed by atoms with Gasteiger partial charge in [-0.3, -0.25) is 0 Å². The molecule has 4 aliphatic rings. The van der Waals surface area contributed by atoms with Crippen molar-refractivity contribution in [1.29, 1.82) is 0 Å². The molecule has 0 N–H and O–H groups in total. The Hall–Kier alpha value is -7.08. The summed E-state index contributed by atoms with van der Waals surface area (Å²) in [6.07, 6.45) is 0. The van der Waals surface area contributed by atoms with Crippen molar-refractivity contribution in [3.05, 3.63) is 176 Å². The topological polar surface area (TPSA) is 21.3 Å². The number of hydrogen-bond donors (Lipinski definition) is 0. The lowest BCUT2D eigenvalue weighted by Gasteiger charge is -2.50. The predicted molar refractivity (Wildman–Crippen MR) is 241 cm³/mol. The summed E-state index contributed by atoms with van der Waals surface area (Å²) in [4.78, 5) is 2.75. The number of furan rings is 1. The van der Waals surface area contributed by atoms with Gasteiger partial charge >= 0.3 is 6.85 Å². The van der Waals surface area contributed by atoms with Crippen LogP contribution < -0.4 is 36.5 Å². The number of para-hydroxylation sites is 4. The summed E-state index contributed by atoms with van der Waals surface area (Å²) in [5.74, 6) is 0. The van der Waals surface area contributed by atoms with Crippen LogP contribution >= 0.6 is 0 Å². The summed E-state index contributed by atoms with van der Waals surface area (Å²) >= 11 is 0. The number of hydrogen-bond acceptors (Lipinski definition) is 2. The lowest BCUT2D eigenvalue weighted by atomic mass is 9.44. The number of anilines is 2. The van der Waals surface area contributed by atoms with Gasteiger partial charge in [0.05, 0.1) is 16.7 Å². The Labute approximate surface area is 328 Å². The van der Waals surface area contributed by atoms with E-state index in [4.69, 9.17) is 4.42 Å². The average molecular weight is 737 g/mol. The van der Waals surface area contributed by atoms with Gasteiger partial charge < -0.3 is 13.8 Å². The molecule has 5 heteroatoms. The van der Waals surface area contributed by atoms with Crippen LogP contribution in [0, 0.1) is 0 Å². The average Bonchev–Trinajstić information content (AvgIpc) is 3.92. The van der Waals surface area contributed by atoms with Crippen LogP contribution in [0.15, 0.2) is 180 Å². The molecule has 15 rings (SSSR count). The molecule has 0 saturated carbocycles. The molecule has 0 aliphatic carbocycles. The van der Waals surface area contributed by atoms with E-state index in [-0.39, 0.29) is 6.85 Å². The molecule has 2 aromatic heterocycles. The van der Waals surface area contributed by atoms with Crippen molar-refractivity contribution < 1.29 is 4.42 Å². The molecule has 6 heterocycles. The minimum atomic E-state index is -2.76. The molecular weight excluding hydrogens is 707 g/mol. The molecule has 57 heavy (non-hydrogen) atoms. The van der Waals surface area contributed by atoms with E-state index in [1.54, 1.807) is 0 Å². The highest BCUT2D eigenvalue weighted by Gasteiger charge is 2.57. The third kappa shape index (κ3) is 3.15. The van der Waals surface area contributed by atoms with E-state index in [0.717, 1.165) is 16.6 Å². The van der Waals surface area contributed by atoms with Crippen LogP contribution in [0.1, 0.15) is 0 Å². The molecule has 260 valence electrons. The van der Waals surface area contributed by atoms with E-state index in [1.807, 2.05) is 0 Å². The second kappa shape index (κ2) is 9.83. The fourth-order valence-corrected chi connectivity index (χ4v) is 17.5. The quantitative estimate of drug-likeness (QED) is 0.145. The van der Waals surface area contributed by atoms with Crippen LogP contribution in [0.5, 0.6) is 0 Å². The first kappa shape index (κ1) is 29.2. The van der Waals surface area contributed by atoms with E-state index in [2.05, 4.69) is 185 Å². The third-order valence-electron chi connectivity index (χ3n) is 13.9. The molecule has 1 spiro atoms. The Morgan fingerprint density at radius 2 is 1.09 bits per heavy atom. The highest BCUT2D eigenvalue weighted by Crippen LogP contribution is 2.50. The first-order valence-electron chi connectivity index (χ1n) is 20.0. The third-order valence-corrected chi connectivity index (χ3v) is 18.9. The highest BCUT2D eigenvalue weighted by molar-refractivity contribution is 7.24. The van der Waals surface area contributed by atoms with Crippen LogP contribution in [-0.2, 0) is 0 Å². The van der Waals surface area contributed by atoms with E-state index in [1.165, 1.54) is 109 Å². The van der Waals surface area contributed by atoms with Crippen LogP contribution in [0.25, 0.3) is 82.5 Å². The smallest absolute Gasteiger partial charge is 0.333 e. The molecule has 4 aliphatic heterocycles. The van der Waals surface area contributed by atoms with Gasteiger partial charge in [0.25, 0.3) is 0 Å². The maximum Gasteiger partial charge on any atom is 0.333 e. The fourth-order valence-electron chi connectivity index (χ4n) is 12.0. The molecule has 3 nitrogen and oxygen atoms in total. The SMILES string of the molecule is c1ccc2c(c1)-c1ccccc1[Si]21c2ccccc2N2B3c4c(cc5c(oc6ccccc65)c4-n4c5c3cccc5c3ccc5ccccc5c34)-c3cccc1c32. The van der Waals surface area contributed by atoms with Crippen molar-refractivity contribution in [1.82, 2.24) is 4.57 Å². The summed E-state index contributed by atoms with van der Waals surface area (Å²) in [5, 5.41) is 13.3. The highest BCUT2D eigenvalue weighted by atomic mass is 28.3. The Kier molecular flexibility index (Phi) is 5.04. The Morgan fingerprint density at radius 1 is 0.439 bits per heavy atom. The monoisotopic (exact) mass is 736 g/mol. The van der Waals surface area contributed by atoms with Gasteiger partial charge in [-0.1, -0.05) is 158 Å². The second-order valence-corrected chi connectivity index (χ2v) is 19.9. The summed E-state index contributed by atoms with van der Waals surface area (Å²) < 4.78 is 9.68. The molecule has 0 fully saturated rings. The Bertz CT molecular complexity index is 3640. The van der Waals surface area contributed by atoms with Gasteiger partial charge in [0, 0.05) is 43.9 Å². The standard InChI is InChI=1S/C52H29BN2OSi/c1-2-14-31-30(13-1)27-28-37-35-18-11-20-40-49(35)54(48(31)37)51-47-38(29-39-32-15-3-7-22-42(32)56-52(39)51)36-19-12-26-46-50(36)55(53(40)47)41-21-6-10-25-45(41)57(46)43-23-8-4-16-33(43)34-17-5-9-24-44(34)57/h1-29H. The molecule has 0 unspecified atom stereocenters. The molecule has 0 saturated heterocycles. The van der Waals surface area contributed by atoms with E-state index >= 15 is 0 Å². The zero-order valence-electron chi connectivity index (χ0n) is 30.6. The normalized spacial score (nSPS) is 14.7. The molecule has 0 amide bonds. The van der Waals surface area contributed by atoms with E-state index in [9.17, 15) is 0 Å². The maximum atomic E-state index is 7.09. The van der Waals surface area contributed by atoms with Crippen molar-refractivity contribution in [3.63, 3.8) is 0 Å². The van der Waals surface area contributed by atoms with Gasteiger partial charge in [0.2, 0.25) is 0 Å². The van der Waals surface area contributed by atoms with Crippen molar-refractivity contribution in [2.24, 2.45) is 0 Å². The summed E-state index contributed by atoms with van der Waals surface area (Å²) in [7, 11) is -2.76.